The third kappa shape index (κ3) is 4.34. The summed E-state index contributed by atoms with van der Waals surface area (Å²) in [6.07, 6.45) is 0.151. The van der Waals surface area contributed by atoms with Crippen LogP contribution in [0.1, 0.15) is 35.1 Å². The topological polar surface area (TPSA) is 95.9 Å². The van der Waals surface area contributed by atoms with Crippen LogP contribution in [0, 0.1) is 13.8 Å². The molecule has 3 heterocycles. The molecule has 32 heavy (non-hydrogen) atoms. The van der Waals surface area contributed by atoms with E-state index in [2.05, 4.69) is 19.8 Å². The van der Waals surface area contributed by atoms with Crippen LogP contribution in [0.2, 0.25) is 0 Å². The van der Waals surface area contributed by atoms with Crippen LogP contribution in [0.25, 0.3) is 0 Å². The number of amides is 2. The van der Waals surface area contributed by atoms with Crippen molar-refractivity contribution in [1.82, 2.24) is 14.9 Å². The van der Waals surface area contributed by atoms with E-state index >= 15 is 0 Å². The molecule has 1 aromatic carbocycles. The number of aryl methyl sites for hydroxylation is 2. The highest BCUT2D eigenvalue weighted by molar-refractivity contribution is 6.22. The predicted octanol–water partition coefficient (Wildman–Crippen LogP) is 1.72. The van der Waals surface area contributed by atoms with Gasteiger partial charge in [0.2, 0.25) is 11.9 Å². The minimum atomic E-state index is -0.477. The molecule has 0 N–H and O–H groups in total. The van der Waals surface area contributed by atoms with Crippen LogP contribution in [0.5, 0.6) is 0 Å². The SMILES string of the molecule is CCOC(=O)c1ccc(N2C(=O)C[C@H](N3CCN(c4nc(C)cc(C)n4)CC3)C2=O)cc1. The van der Waals surface area contributed by atoms with Crippen molar-refractivity contribution < 1.29 is 19.1 Å². The van der Waals surface area contributed by atoms with Gasteiger partial charge in [0.15, 0.2) is 0 Å². The smallest absolute Gasteiger partial charge is 0.338 e. The Morgan fingerprint density at radius 3 is 2.25 bits per heavy atom. The first-order chi connectivity index (χ1) is 15.4. The Balaban J connectivity index is 1.41. The normalized spacial score (nSPS) is 19.5. The fourth-order valence-corrected chi connectivity index (χ4v) is 4.22. The number of nitrogens with zero attached hydrogens (tertiary/aromatic N) is 5. The third-order valence-corrected chi connectivity index (χ3v) is 5.77. The molecule has 9 heteroatoms. The highest BCUT2D eigenvalue weighted by Crippen LogP contribution is 2.27. The standard InChI is InChI=1S/C23H27N5O4/c1-4-32-22(31)17-5-7-18(8-6-17)28-20(29)14-19(21(28)30)26-9-11-27(12-10-26)23-24-15(2)13-16(3)25-23/h5-8,13,19H,4,9-12,14H2,1-3H3/t19-/m0/s1. The molecular weight excluding hydrogens is 410 g/mol. The number of aromatic nitrogens is 2. The summed E-state index contributed by atoms with van der Waals surface area (Å²) in [6, 6.07) is 7.83. The number of ether oxygens (including phenoxy) is 1. The van der Waals surface area contributed by atoms with Crippen molar-refractivity contribution in [2.45, 2.75) is 33.2 Å². The van der Waals surface area contributed by atoms with Crippen molar-refractivity contribution in [3.8, 4) is 0 Å². The second kappa shape index (κ2) is 9.04. The van der Waals surface area contributed by atoms with Crippen molar-refractivity contribution in [2.75, 3.05) is 42.6 Å². The molecule has 1 aromatic heterocycles. The second-order valence-electron chi connectivity index (χ2n) is 8.03. The largest absolute Gasteiger partial charge is 0.462 e. The number of hydrogen-bond donors (Lipinski definition) is 0. The van der Waals surface area contributed by atoms with Gasteiger partial charge in [-0.2, -0.15) is 0 Å². The molecule has 0 bridgehead atoms. The highest BCUT2D eigenvalue weighted by Gasteiger charge is 2.43. The number of piperazine rings is 1. The zero-order valence-corrected chi connectivity index (χ0v) is 18.6. The average molecular weight is 438 g/mol. The summed E-state index contributed by atoms with van der Waals surface area (Å²) in [6.45, 7) is 8.60. The quantitative estimate of drug-likeness (QED) is 0.515. The molecule has 2 fully saturated rings. The molecule has 4 rings (SSSR count). The van der Waals surface area contributed by atoms with E-state index in [1.807, 2.05) is 19.9 Å². The molecule has 1 atom stereocenters. The maximum absolute atomic E-state index is 13.1. The fourth-order valence-electron chi connectivity index (χ4n) is 4.22. The molecule has 2 aliphatic rings. The van der Waals surface area contributed by atoms with Crippen LogP contribution >= 0.6 is 0 Å². The first-order valence-electron chi connectivity index (χ1n) is 10.8. The van der Waals surface area contributed by atoms with Crippen LogP contribution < -0.4 is 9.80 Å². The van der Waals surface area contributed by atoms with Crippen molar-refractivity contribution in [1.29, 1.82) is 0 Å². The average Bonchev–Trinajstić information content (AvgIpc) is 3.07. The van der Waals surface area contributed by atoms with E-state index in [4.69, 9.17) is 4.74 Å². The van der Waals surface area contributed by atoms with Crippen LogP contribution in [0.4, 0.5) is 11.6 Å². The van der Waals surface area contributed by atoms with Gasteiger partial charge in [-0.05, 0) is 51.1 Å². The van der Waals surface area contributed by atoms with Gasteiger partial charge in [0, 0.05) is 37.6 Å². The number of carbonyl (C=O) groups excluding carboxylic acids is 3. The first-order valence-corrected chi connectivity index (χ1v) is 10.8. The van der Waals surface area contributed by atoms with Gasteiger partial charge >= 0.3 is 5.97 Å². The van der Waals surface area contributed by atoms with Crippen molar-refractivity contribution in [2.24, 2.45) is 0 Å². The fraction of sp³-hybridized carbons (Fsp3) is 0.435. The molecule has 0 unspecified atom stereocenters. The summed E-state index contributed by atoms with van der Waals surface area (Å²) in [7, 11) is 0. The number of carbonyl (C=O) groups is 3. The van der Waals surface area contributed by atoms with Crippen LogP contribution in [-0.4, -0.2) is 71.5 Å². The summed E-state index contributed by atoms with van der Waals surface area (Å²) < 4.78 is 4.98. The third-order valence-electron chi connectivity index (χ3n) is 5.77. The number of imide groups is 1. The maximum Gasteiger partial charge on any atom is 0.338 e. The van der Waals surface area contributed by atoms with Gasteiger partial charge in [0.25, 0.3) is 5.91 Å². The molecule has 0 aliphatic carbocycles. The van der Waals surface area contributed by atoms with E-state index in [0.29, 0.717) is 43.4 Å². The molecule has 9 nitrogen and oxygen atoms in total. The first kappa shape index (κ1) is 21.9. The Bertz CT molecular complexity index is 1010. The maximum atomic E-state index is 13.1. The van der Waals surface area contributed by atoms with Gasteiger partial charge in [-0.1, -0.05) is 0 Å². The van der Waals surface area contributed by atoms with E-state index in [0.717, 1.165) is 11.4 Å². The van der Waals surface area contributed by atoms with Gasteiger partial charge in [0.1, 0.15) is 0 Å². The molecule has 2 aliphatic heterocycles. The molecule has 168 valence electrons. The Morgan fingerprint density at radius 2 is 1.66 bits per heavy atom. The van der Waals surface area contributed by atoms with Crippen molar-refractivity contribution in [3.05, 3.63) is 47.3 Å². The number of rotatable bonds is 5. The number of anilines is 2. The van der Waals surface area contributed by atoms with E-state index < -0.39 is 12.0 Å². The van der Waals surface area contributed by atoms with Gasteiger partial charge in [-0.3, -0.25) is 14.5 Å². The number of hydrogen-bond acceptors (Lipinski definition) is 8. The molecule has 0 saturated carbocycles. The lowest BCUT2D eigenvalue weighted by Gasteiger charge is -2.37. The molecule has 0 spiro atoms. The Morgan fingerprint density at radius 1 is 1.03 bits per heavy atom. The van der Waals surface area contributed by atoms with Crippen molar-refractivity contribution in [3.63, 3.8) is 0 Å². The van der Waals surface area contributed by atoms with E-state index in [1.165, 1.54) is 4.90 Å². The monoisotopic (exact) mass is 437 g/mol. The number of benzene rings is 1. The molecule has 2 amide bonds. The van der Waals surface area contributed by atoms with Crippen LogP contribution in [0.3, 0.4) is 0 Å². The van der Waals surface area contributed by atoms with Gasteiger partial charge in [0.05, 0.1) is 30.3 Å². The summed E-state index contributed by atoms with van der Waals surface area (Å²) >= 11 is 0. The lowest BCUT2D eigenvalue weighted by atomic mass is 10.1. The highest BCUT2D eigenvalue weighted by atomic mass is 16.5. The van der Waals surface area contributed by atoms with E-state index in [-0.39, 0.29) is 24.8 Å². The minimum absolute atomic E-state index is 0.151. The lowest BCUT2D eigenvalue weighted by molar-refractivity contribution is -0.123. The summed E-state index contributed by atoms with van der Waals surface area (Å²) in [4.78, 5) is 52.1. The number of esters is 1. The van der Waals surface area contributed by atoms with Crippen LogP contribution in [-0.2, 0) is 14.3 Å². The van der Waals surface area contributed by atoms with E-state index in [1.54, 1.807) is 31.2 Å². The summed E-state index contributed by atoms with van der Waals surface area (Å²) in [5.41, 5.74) is 2.71. The van der Waals surface area contributed by atoms with Gasteiger partial charge in [-0.15, -0.1) is 0 Å². The summed E-state index contributed by atoms with van der Waals surface area (Å²) in [5, 5.41) is 0. The second-order valence-corrected chi connectivity index (χ2v) is 8.03. The molecular formula is C23H27N5O4. The van der Waals surface area contributed by atoms with E-state index in [9.17, 15) is 14.4 Å². The molecule has 2 saturated heterocycles. The lowest BCUT2D eigenvalue weighted by Crippen LogP contribution is -2.53. The van der Waals surface area contributed by atoms with Gasteiger partial charge in [-0.25, -0.2) is 19.7 Å². The molecule has 0 radical (unpaired) electrons. The van der Waals surface area contributed by atoms with Crippen LogP contribution in [0.15, 0.2) is 30.3 Å². The Kier molecular flexibility index (Phi) is 6.18. The zero-order valence-electron chi connectivity index (χ0n) is 18.6. The minimum Gasteiger partial charge on any atom is -0.462 e. The molecule has 2 aromatic rings. The predicted molar refractivity (Wildman–Crippen MR) is 119 cm³/mol. The Labute approximate surface area is 187 Å². The van der Waals surface area contributed by atoms with Gasteiger partial charge < -0.3 is 9.64 Å². The Hall–Kier alpha value is -3.33. The zero-order chi connectivity index (χ0) is 22.8. The summed E-state index contributed by atoms with van der Waals surface area (Å²) in [5.74, 6) is -0.181. The van der Waals surface area contributed by atoms with Crippen molar-refractivity contribution >= 4 is 29.4 Å².